The quantitative estimate of drug-likeness (QED) is 0.356. The third kappa shape index (κ3) is 5.50. The van der Waals surface area contributed by atoms with Gasteiger partial charge in [0.2, 0.25) is 0 Å². The first-order chi connectivity index (χ1) is 4.81. The zero-order valence-electron chi connectivity index (χ0n) is 6.01. The molecule has 0 rings (SSSR count). The average Bonchev–Trinajstić information content (AvgIpc) is 1.97. The van der Waals surface area contributed by atoms with E-state index < -0.39 is 6.35 Å². The van der Waals surface area contributed by atoms with Gasteiger partial charge in [-0.2, -0.15) is 0 Å². The van der Waals surface area contributed by atoms with E-state index in [1.165, 1.54) is 0 Å². The first kappa shape index (κ1) is 9.36. The van der Waals surface area contributed by atoms with Crippen molar-refractivity contribution >= 4 is 0 Å². The van der Waals surface area contributed by atoms with Gasteiger partial charge >= 0.3 is 0 Å². The van der Waals surface area contributed by atoms with E-state index in [-0.39, 0.29) is 0 Å². The van der Waals surface area contributed by atoms with E-state index in [2.05, 4.69) is 23.8 Å². The van der Waals surface area contributed by atoms with E-state index in [4.69, 9.17) is 5.11 Å². The summed E-state index contributed by atoms with van der Waals surface area (Å²) in [7, 11) is 0. The summed E-state index contributed by atoms with van der Waals surface area (Å²) in [5.74, 6) is 0. The lowest BCUT2D eigenvalue weighted by atomic mass is 10.6. The number of aliphatic hydroxyl groups excluding tert-OH is 1. The van der Waals surface area contributed by atoms with Crippen molar-refractivity contribution in [3.63, 3.8) is 0 Å². The Morgan fingerprint density at radius 1 is 1.20 bits per heavy atom. The van der Waals surface area contributed by atoms with Gasteiger partial charge in [-0.25, -0.2) is 0 Å². The summed E-state index contributed by atoms with van der Waals surface area (Å²) in [6, 6.07) is 0. The molecule has 0 heterocycles. The normalized spacial score (nSPS) is 9.80. The molecule has 3 N–H and O–H groups in total. The van der Waals surface area contributed by atoms with E-state index in [0.29, 0.717) is 13.1 Å². The lowest BCUT2D eigenvalue weighted by Crippen LogP contribution is -2.42. The number of rotatable bonds is 6. The fourth-order valence-corrected chi connectivity index (χ4v) is 0.462. The van der Waals surface area contributed by atoms with Gasteiger partial charge in [0.25, 0.3) is 0 Å². The molecule has 0 atom stereocenters. The maximum Gasteiger partial charge on any atom is 0.160 e. The fraction of sp³-hybridized carbons (Fsp3) is 0.429. The predicted octanol–water partition coefficient (Wildman–Crippen LogP) is -0.187. The molecule has 0 aromatic rings. The third-order valence-electron chi connectivity index (χ3n) is 0.911. The van der Waals surface area contributed by atoms with Crippen molar-refractivity contribution in [2.75, 3.05) is 13.1 Å². The van der Waals surface area contributed by atoms with Crippen LogP contribution in [0.2, 0.25) is 0 Å². The summed E-state index contributed by atoms with van der Waals surface area (Å²) in [6.45, 7) is 8.16. The van der Waals surface area contributed by atoms with Crippen LogP contribution in [-0.2, 0) is 0 Å². The van der Waals surface area contributed by atoms with Crippen LogP contribution < -0.4 is 10.6 Å². The van der Waals surface area contributed by atoms with Gasteiger partial charge in [0.05, 0.1) is 0 Å². The molecular formula is C7H14N2O. The van der Waals surface area contributed by atoms with Gasteiger partial charge < -0.3 is 5.11 Å². The molecule has 58 valence electrons. The van der Waals surface area contributed by atoms with E-state index >= 15 is 0 Å². The maximum atomic E-state index is 8.99. The first-order valence-corrected chi connectivity index (χ1v) is 3.18. The van der Waals surface area contributed by atoms with Crippen molar-refractivity contribution < 1.29 is 5.11 Å². The molecule has 0 aromatic heterocycles. The van der Waals surface area contributed by atoms with Crippen LogP contribution in [0.5, 0.6) is 0 Å². The number of nitrogens with one attached hydrogen (secondary N) is 2. The first-order valence-electron chi connectivity index (χ1n) is 3.18. The van der Waals surface area contributed by atoms with Crippen molar-refractivity contribution in [2.24, 2.45) is 0 Å². The Labute approximate surface area is 61.4 Å². The topological polar surface area (TPSA) is 44.3 Å². The molecule has 10 heavy (non-hydrogen) atoms. The smallest absolute Gasteiger partial charge is 0.160 e. The monoisotopic (exact) mass is 142 g/mol. The van der Waals surface area contributed by atoms with Gasteiger partial charge in [-0.05, 0) is 0 Å². The standard InChI is InChI=1S/C7H14N2O/c1-3-5-8-7(10)9-6-4-2/h3-4,7-10H,1-2,5-6H2. The Hall–Kier alpha value is -0.640. The molecule has 0 aliphatic carbocycles. The molecule has 0 radical (unpaired) electrons. The zero-order chi connectivity index (χ0) is 7.82. The maximum absolute atomic E-state index is 8.99. The van der Waals surface area contributed by atoms with Crippen molar-refractivity contribution in [2.45, 2.75) is 6.35 Å². The van der Waals surface area contributed by atoms with Gasteiger partial charge in [-0.3, -0.25) is 10.6 Å². The number of hydrogen-bond acceptors (Lipinski definition) is 3. The van der Waals surface area contributed by atoms with Crippen LogP contribution in [0.3, 0.4) is 0 Å². The summed E-state index contributed by atoms with van der Waals surface area (Å²) in [6.07, 6.45) is 2.69. The highest BCUT2D eigenvalue weighted by Crippen LogP contribution is 1.69. The van der Waals surface area contributed by atoms with Crippen LogP contribution in [0.4, 0.5) is 0 Å². The number of aliphatic hydroxyl groups is 1. The van der Waals surface area contributed by atoms with E-state index in [1.54, 1.807) is 12.2 Å². The molecule has 3 heteroatoms. The minimum absolute atomic E-state index is 0.589. The zero-order valence-corrected chi connectivity index (χ0v) is 6.01. The molecule has 0 amide bonds. The molecule has 0 fully saturated rings. The molecule has 0 unspecified atom stereocenters. The molecule has 0 saturated carbocycles. The van der Waals surface area contributed by atoms with E-state index in [0.717, 1.165) is 0 Å². The number of hydrogen-bond donors (Lipinski definition) is 3. The van der Waals surface area contributed by atoms with Crippen LogP contribution in [-0.4, -0.2) is 24.5 Å². The Bertz CT molecular complexity index is 91.8. The second-order valence-corrected chi connectivity index (χ2v) is 1.80. The molecule has 0 aliphatic heterocycles. The molecule has 3 nitrogen and oxygen atoms in total. The van der Waals surface area contributed by atoms with Crippen molar-refractivity contribution in [3.05, 3.63) is 25.3 Å². The van der Waals surface area contributed by atoms with Gasteiger partial charge in [0, 0.05) is 13.1 Å². The van der Waals surface area contributed by atoms with Crippen LogP contribution in [0.15, 0.2) is 25.3 Å². The molecule has 0 aromatic carbocycles. The Kier molecular flexibility index (Phi) is 6.06. The van der Waals surface area contributed by atoms with Crippen LogP contribution >= 0.6 is 0 Å². The minimum atomic E-state index is -0.670. The third-order valence-corrected chi connectivity index (χ3v) is 0.911. The second-order valence-electron chi connectivity index (χ2n) is 1.80. The Balaban J connectivity index is 3.15. The fourth-order valence-electron chi connectivity index (χ4n) is 0.462. The van der Waals surface area contributed by atoms with Crippen molar-refractivity contribution in [1.82, 2.24) is 10.6 Å². The average molecular weight is 142 g/mol. The highest BCUT2D eigenvalue weighted by Gasteiger charge is 1.95. The molecule has 0 bridgehead atoms. The lowest BCUT2D eigenvalue weighted by Gasteiger charge is -2.10. The molecule has 0 spiro atoms. The highest BCUT2D eigenvalue weighted by atomic mass is 16.3. The van der Waals surface area contributed by atoms with Gasteiger partial charge in [0.15, 0.2) is 6.35 Å². The lowest BCUT2D eigenvalue weighted by molar-refractivity contribution is 0.110. The van der Waals surface area contributed by atoms with Crippen LogP contribution in [0.25, 0.3) is 0 Å². The Morgan fingerprint density at radius 3 is 1.90 bits per heavy atom. The van der Waals surface area contributed by atoms with Crippen LogP contribution in [0.1, 0.15) is 0 Å². The summed E-state index contributed by atoms with van der Waals surface area (Å²) in [5, 5.41) is 14.5. The SMILES string of the molecule is C=CCNC(O)NCC=C. The van der Waals surface area contributed by atoms with Gasteiger partial charge in [0.1, 0.15) is 0 Å². The van der Waals surface area contributed by atoms with Gasteiger partial charge in [-0.1, -0.05) is 12.2 Å². The summed E-state index contributed by atoms with van der Waals surface area (Å²) in [5.41, 5.74) is 0. The summed E-state index contributed by atoms with van der Waals surface area (Å²) < 4.78 is 0. The van der Waals surface area contributed by atoms with Crippen LogP contribution in [0, 0.1) is 0 Å². The van der Waals surface area contributed by atoms with E-state index in [9.17, 15) is 0 Å². The summed E-state index contributed by atoms with van der Waals surface area (Å²) in [4.78, 5) is 0. The molecule has 0 aliphatic rings. The van der Waals surface area contributed by atoms with E-state index in [1.807, 2.05) is 0 Å². The highest BCUT2D eigenvalue weighted by molar-refractivity contribution is 4.73. The largest absolute Gasteiger partial charge is 0.365 e. The van der Waals surface area contributed by atoms with Crippen molar-refractivity contribution in [3.8, 4) is 0 Å². The Morgan fingerprint density at radius 2 is 1.60 bits per heavy atom. The predicted molar refractivity (Wildman–Crippen MR) is 42.4 cm³/mol. The summed E-state index contributed by atoms with van der Waals surface area (Å²) >= 11 is 0. The van der Waals surface area contributed by atoms with Gasteiger partial charge in [-0.15, -0.1) is 13.2 Å². The minimum Gasteiger partial charge on any atom is -0.365 e. The van der Waals surface area contributed by atoms with Crippen molar-refractivity contribution in [1.29, 1.82) is 0 Å². The molecule has 0 saturated heterocycles. The second kappa shape index (κ2) is 6.48. The molecular weight excluding hydrogens is 128 g/mol.